The maximum Gasteiger partial charge on any atom is 0.264 e. The lowest BCUT2D eigenvalue weighted by Gasteiger charge is -2.10. The van der Waals surface area contributed by atoms with Crippen molar-refractivity contribution in [2.75, 3.05) is 17.2 Å². The van der Waals surface area contributed by atoms with E-state index >= 15 is 0 Å². The van der Waals surface area contributed by atoms with Crippen molar-refractivity contribution in [2.24, 2.45) is 0 Å². The van der Waals surface area contributed by atoms with Gasteiger partial charge in [0.2, 0.25) is 0 Å². The van der Waals surface area contributed by atoms with Crippen molar-refractivity contribution in [3.63, 3.8) is 0 Å². The number of ether oxygens (including phenoxy) is 1. The van der Waals surface area contributed by atoms with Gasteiger partial charge in [-0.1, -0.05) is 36.4 Å². The molecule has 0 unspecified atom stereocenters. The van der Waals surface area contributed by atoms with E-state index in [0.717, 1.165) is 0 Å². The van der Waals surface area contributed by atoms with Gasteiger partial charge in [0.1, 0.15) is 11.8 Å². The number of carbonyl (C=O) groups is 2. The number of anilines is 2. The SMILES string of the molecule is CCOC=C(C(=O)Nc1ccccc1)C(=O)Nc1ccccc1. The van der Waals surface area contributed by atoms with Crippen molar-refractivity contribution in [2.45, 2.75) is 6.92 Å². The molecule has 0 heterocycles. The highest BCUT2D eigenvalue weighted by molar-refractivity contribution is 6.26. The molecule has 0 atom stereocenters. The molecule has 0 aromatic heterocycles. The molecule has 0 radical (unpaired) electrons. The van der Waals surface area contributed by atoms with Gasteiger partial charge in [0.05, 0.1) is 6.61 Å². The van der Waals surface area contributed by atoms with E-state index in [-0.39, 0.29) is 5.57 Å². The van der Waals surface area contributed by atoms with Crippen LogP contribution in [0.25, 0.3) is 0 Å². The Hall–Kier alpha value is -3.08. The Balaban J connectivity index is 2.13. The number of carbonyl (C=O) groups excluding carboxylic acids is 2. The van der Waals surface area contributed by atoms with E-state index in [1.165, 1.54) is 6.26 Å². The molecule has 2 aromatic carbocycles. The number of hydrogen-bond acceptors (Lipinski definition) is 3. The molecule has 0 bridgehead atoms. The van der Waals surface area contributed by atoms with Crippen molar-refractivity contribution in [3.05, 3.63) is 72.5 Å². The molecule has 2 N–H and O–H groups in total. The zero-order valence-corrected chi connectivity index (χ0v) is 12.8. The molecule has 5 heteroatoms. The summed E-state index contributed by atoms with van der Waals surface area (Å²) < 4.78 is 5.13. The van der Waals surface area contributed by atoms with Crippen LogP contribution in [0.4, 0.5) is 11.4 Å². The summed E-state index contributed by atoms with van der Waals surface area (Å²) in [4.78, 5) is 24.7. The third kappa shape index (κ3) is 5.00. The zero-order chi connectivity index (χ0) is 16.5. The number of amides is 2. The molecular formula is C18H18N2O3. The van der Waals surface area contributed by atoms with Gasteiger partial charge in [0, 0.05) is 11.4 Å². The molecule has 0 saturated carbocycles. The monoisotopic (exact) mass is 310 g/mol. The van der Waals surface area contributed by atoms with E-state index in [2.05, 4.69) is 10.6 Å². The summed E-state index contributed by atoms with van der Waals surface area (Å²) in [6.45, 7) is 2.14. The summed E-state index contributed by atoms with van der Waals surface area (Å²) in [7, 11) is 0. The minimum atomic E-state index is -0.530. The topological polar surface area (TPSA) is 67.4 Å². The van der Waals surface area contributed by atoms with Crippen LogP contribution in [0, 0.1) is 0 Å². The molecular weight excluding hydrogens is 292 g/mol. The van der Waals surface area contributed by atoms with E-state index < -0.39 is 11.8 Å². The second-order valence-corrected chi connectivity index (χ2v) is 4.63. The van der Waals surface area contributed by atoms with E-state index in [0.29, 0.717) is 18.0 Å². The number of para-hydroxylation sites is 2. The fourth-order valence-electron chi connectivity index (χ4n) is 1.82. The highest BCUT2D eigenvalue weighted by atomic mass is 16.5. The van der Waals surface area contributed by atoms with Gasteiger partial charge >= 0.3 is 0 Å². The van der Waals surface area contributed by atoms with Crippen LogP contribution in [0.2, 0.25) is 0 Å². The molecule has 5 nitrogen and oxygen atoms in total. The van der Waals surface area contributed by atoms with Crippen LogP contribution in [-0.2, 0) is 14.3 Å². The Kier molecular flexibility index (Phi) is 5.94. The zero-order valence-electron chi connectivity index (χ0n) is 12.8. The first-order chi connectivity index (χ1) is 11.2. The molecule has 0 aliphatic rings. The number of benzene rings is 2. The van der Waals surface area contributed by atoms with Gasteiger partial charge in [0.15, 0.2) is 0 Å². The average molecular weight is 310 g/mol. The minimum absolute atomic E-state index is 0.0976. The third-order valence-electron chi connectivity index (χ3n) is 2.92. The van der Waals surface area contributed by atoms with Gasteiger partial charge < -0.3 is 15.4 Å². The van der Waals surface area contributed by atoms with E-state index in [9.17, 15) is 9.59 Å². The van der Waals surface area contributed by atoms with Crippen molar-refractivity contribution in [3.8, 4) is 0 Å². The largest absolute Gasteiger partial charge is 0.500 e. The first-order valence-electron chi connectivity index (χ1n) is 7.25. The maximum absolute atomic E-state index is 12.3. The second kappa shape index (κ2) is 8.38. The summed E-state index contributed by atoms with van der Waals surface area (Å²) in [6.07, 6.45) is 1.18. The number of hydrogen-bond donors (Lipinski definition) is 2. The Morgan fingerprint density at radius 1 is 0.870 bits per heavy atom. The second-order valence-electron chi connectivity index (χ2n) is 4.63. The molecule has 0 saturated heterocycles. The number of nitrogens with one attached hydrogen (secondary N) is 2. The highest BCUT2D eigenvalue weighted by Crippen LogP contribution is 2.11. The van der Waals surface area contributed by atoms with Crippen LogP contribution < -0.4 is 10.6 Å². The van der Waals surface area contributed by atoms with Crippen LogP contribution in [-0.4, -0.2) is 18.4 Å². The standard InChI is InChI=1S/C18H18N2O3/c1-2-23-13-16(17(21)19-14-9-5-3-6-10-14)18(22)20-15-11-7-4-8-12-15/h3-13H,2H2,1H3,(H,19,21)(H,20,22). The molecule has 0 fully saturated rings. The van der Waals surface area contributed by atoms with Gasteiger partial charge in [-0.2, -0.15) is 0 Å². The fourth-order valence-corrected chi connectivity index (χ4v) is 1.82. The van der Waals surface area contributed by atoms with Crippen LogP contribution in [0.3, 0.4) is 0 Å². The Bertz CT molecular complexity index is 626. The smallest absolute Gasteiger partial charge is 0.264 e. The molecule has 118 valence electrons. The molecule has 0 aliphatic heterocycles. The van der Waals surface area contributed by atoms with E-state index in [4.69, 9.17) is 4.74 Å². The van der Waals surface area contributed by atoms with E-state index in [1.54, 1.807) is 55.5 Å². The van der Waals surface area contributed by atoms with Crippen molar-refractivity contribution in [1.29, 1.82) is 0 Å². The fraction of sp³-hybridized carbons (Fsp3) is 0.111. The molecule has 2 aromatic rings. The third-order valence-corrected chi connectivity index (χ3v) is 2.92. The molecule has 0 aliphatic carbocycles. The lowest BCUT2D eigenvalue weighted by Crippen LogP contribution is -2.25. The Morgan fingerprint density at radius 3 is 1.70 bits per heavy atom. The first kappa shape index (κ1) is 16.3. The lowest BCUT2D eigenvalue weighted by atomic mass is 10.2. The highest BCUT2D eigenvalue weighted by Gasteiger charge is 2.19. The van der Waals surface area contributed by atoms with Crippen LogP contribution in [0.15, 0.2) is 72.5 Å². The maximum atomic E-state index is 12.3. The van der Waals surface area contributed by atoms with Crippen molar-refractivity contribution in [1.82, 2.24) is 0 Å². The quantitative estimate of drug-likeness (QED) is 0.373. The van der Waals surface area contributed by atoms with Gasteiger partial charge in [-0.05, 0) is 31.2 Å². The molecule has 2 amide bonds. The minimum Gasteiger partial charge on any atom is -0.500 e. The van der Waals surface area contributed by atoms with Crippen molar-refractivity contribution < 1.29 is 14.3 Å². The summed E-state index contributed by atoms with van der Waals surface area (Å²) in [5.41, 5.74) is 1.11. The number of rotatable bonds is 6. The van der Waals surface area contributed by atoms with Crippen LogP contribution in [0.1, 0.15) is 6.92 Å². The summed E-state index contributed by atoms with van der Waals surface area (Å²) >= 11 is 0. The Labute approximate surface area is 135 Å². The lowest BCUT2D eigenvalue weighted by molar-refractivity contribution is -0.118. The van der Waals surface area contributed by atoms with Gasteiger partial charge in [0.25, 0.3) is 11.8 Å². The van der Waals surface area contributed by atoms with Crippen LogP contribution in [0.5, 0.6) is 0 Å². The summed E-state index contributed by atoms with van der Waals surface area (Å²) in [6, 6.07) is 17.8. The van der Waals surface area contributed by atoms with Gasteiger partial charge in [-0.25, -0.2) is 0 Å². The van der Waals surface area contributed by atoms with E-state index in [1.807, 2.05) is 12.1 Å². The molecule has 0 spiro atoms. The van der Waals surface area contributed by atoms with Gasteiger partial charge in [-0.15, -0.1) is 0 Å². The van der Waals surface area contributed by atoms with Gasteiger partial charge in [-0.3, -0.25) is 9.59 Å². The van der Waals surface area contributed by atoms with Crippen molar-refractivity contribution >= 4 is 23.2 Å². The Morgan fingerprint density at radius 2 is 1.30 bits per heavy atom. The van der Waals surface area contributed by atoms with Crippen LogP contribution >= 0.6 is 0 Å². The molecule has 23 heavy (non-hydrogen) atoms. The average Bonchev–Trinajstić information content (AvgIpc) is 2.57. The summed E-state index contributed by atoms with van der Waals surface area (Å²) in [5, 5.41) is 5.34. The first-order valence-corrected chi connectivity index (χ1v) is 7.25. The normalized spacial score (nSPS) is 9.61. The summed E-state index contributed by atoms with van der Waals surface area (Å²) in [5.74, 6) is -1.06. The predicted molar refractivity (Wildman–Crippen MR) is 89.9 cm³/mol. The predicted octanol–water partition coefficient (Wildman–Crippen LogP) is 3.18. The molecule has 2 rings (SSSR count).